The maximum Gasteiger partial charge on any atom is 0.254 e. The van der Waals surface area contributed by atoms with E-state index in [4.69, 9.17) is 5.73 Å². The van der Waals surface area contributed by atoms with E-state index in [0.29, 0.717) is 12.5 Å². The molecule has 0 spiro atoms. The van der Waals surface area contributed by atoms with E-state index in [9.17, 15) is 9.18 Å². The summed E-state index contributed by atoms with van der Waals surface area (Å²) in [4.78, 5) is 15.4. The van der Waals surface area contributed by atoms with E-state index in [2.05, 4.69) is 10.3 Å². The van der Waals surface area contributed by atoms with Gasteiger partial charge in [-0.25, -0.2) is 9.37 Å². The van der Waals surface area contributed by atoms with Crippen molar-refractivity contribution in [3.8, 4) is 0 Å². The van der Waals surface area contributed by atoms with Gasteiger partial charge in [0.1, 0.15) is 0 Å². The van der Waals surface area contributed by atoms with Gasteiger partial charge in [-0.1, -0.05) is 0 Å². The third-order valence-electron chi connectivity index (χ3n) is 3.05. The van der Waals surface area contributed by atoms with Crippen molar-refractivity contribution in [2.75, 3.05) is 23.8 Å². The molecule has 0 radical (unpaired) electrons. The van der Waals surface area contributed by atoms with Gasteiger partial charge in [0.25, 0.3) is 5.91 Å². The fraction of sp³-hybridized carbons (Fsp3) is 0.500. The van der Waals surface area contributed by atoms with Crippen LogP contribution in [0.1, 0.15) is 23.2 Å². The molecule has 1 aromatic heterocycles. The zero-order valence-corrected chi connectivity index (χ0v) is 10.8. The monoisotopic (exact) mass is 269 g/mol. The molecule has 4 nitrogen and oxygen atoms in total. The molecule has 0 atom stereocenters. The average Bonchev–Trinajstić information content (AvgIpc) is 2.40. The molecule has 1 amide bonds. The number of aromatic nitrogens is 1. The SMILES string of the molecule is Nc1nccc(C(=O)NCC2CCSCC2)c1F. The van der Waals surface area contributed by atoms with E-state index in [0.717, 1.165) is 24.3 Å². The first-order chi connectivity index (χ1) is 8.68. The Hall–Kier alpha value is -1.30. The number of hydrogen-bond acceptors (Lipinski definition) is 4. The van der Waals surface area contributed by atoms with Crippen LogP contribution in [0.3, 0.4) is 0 Å². The Bertz CT molecular complexity index is 435. The number of nitrogens with two attached hydrogens (primary N) is 1. The van der Waals surface area contributed by atoms with Gasteiger partial charge < -0.3 is 11.1 Å². The number of nitrogen functional groups attached to an aromatic ring is 1. The second kappa shape index (κ2) is 6.04. The molecule has 1 saturated heterocycles. The van der Waals surface area contributed by atoms with Crippen LogP contribution >= 0.6 is 11.8 Å². The molecule has 1 fully saturated rings. The molecule has 0 aromatic carbocycles. The molecule has 98 valence electrons. The molecule has 0 unspecified atom stereocenters. The van der Waals surface area contributed by atoms with E-state index in [-0.39, 0.29) is 11.4 Å². The maximum absolute atomic E-state index is 13.6. The van der Waals surface area contributed by atoms with Crippen molar-refractivity contribution in [2.24, 2.45) is 5.92 Å². The van der Waals surface area contributed by atoms with E-state index >= 15 is 0 Å². The van der Waals surface area contributed by atoms with Crippen LogP contribution in [0.2, 0.25) is 0 Å². The fourth-order valence-corrected chi connectivity index (χ4v) is 3.12. The quantitative estimate of drug-likeness (QED) is 0.876. The van der Waals surface area contributed by atoms with Crippen LogP contribution in [0, 0.1) is 11.7 Å². The summed E-state index contributed by atoms with van der Waals surface area (Å²) in [5.41, 5.74) is 5.29. The third kappa shape index (κ3) is 3.13. The number of thioether (sulfide) groups is 1. The number of nitrogens with one attached hydrogen (secondary N) is 1. The van der Waals surface area contributed by atoms with Gasteiger partial charge in [0.05, 0.1) is 5.56 Å². The number of carbonyl (C=O) groups is 1. The van der Waals surface area contributed by atoms with Crippen LogP contribution in [-0.2, 0) is 0 Å². The lowest BCUT2D eigenvalue weighted by Gasteiger charge is -2.21. The third-order valence-corrected chi connectivity index (χ3v) is 4.10. The lowest BCUT2D eigenvalue weighted by atomic mass is 10.0. The molecular formula is C12H16FN3OS. The van der Waals surface area contributed by atoms with Crippen molar-refractivity contribution in [3.63, 3.8) is 0 Å². The molecule has 6 heteroatoms. The molecule has 18 heavy (non-hydrogen) atoms. The topological polar surface area (TPSA) is 68.0 Å². The summed E-state index contributed by atoms with van der Waals surface area (Å²) in [6.07, 6.45) is 3.54. The summed E-state index contributed by atoms with van der Waals surface area (Å²) in [6, 6.07) is 1.34. The smallest absolute Gasteiger partial charge is 0.254 e. The summed E-state index contributed by atoms with van der Waals surface area (Å²) in [6.45, 7) is 0.598. The Balaban J connectivity index is 1.93. The van der Waals surface area contributed by atoms with Crippen LogP contribution in [0.4, 0.5) is 10.2 Å². The van der Waals surface area contributed by atoms with Gasteiger partial charge in [0.2, 0.25) is 0 Å². The largest absolute Gasteiger partial charge is 0.381 e. The zero-order chi connectivity index (χ0) is 13.0. The minimum absolute atomic E-state index is 0.0346. The number of amides is 1. The first kappa shape index (κ1) is 13.1. The van der Waals surface area contributed by atoms with Crippen molar-refractivity contribution in [1.29, 1.82) is 0 Å². The maximum atomic E-state index is 13.6. The summed E-state index contributed by atoms with van der Waals surface area (Å²) in [7, 11) is 0. The Morgan fingerprint density at radius 2 is 2.28 bits per heavy atom. The lowest BCUT2D eigenvalue weighted by molar-refractivity contribution is 0.0942. The molecule has 1 aliphatic heterocycles. The van der Waals surface area contributed by atoms with Crippen molar-refractivity contribution >= 4 is 23.5 Å². The van der Waals surface area contributed by atoms with Gasteiger partial charge in [0, 0.05) is 12.7 Å². The van der Waals surface area contributed by atoms with E-state index < -0.39 is 11.7 Å². The second-order valence-electron chi connectivity index (χ2n) is 4.32. The summed E-state index contributed by atoms with van der Waals surface area (Å²) in [5, 5.41) is 2.77. The van der Waals surface area contributed by atoms with Gasteiger partial charge in [-0.2, -0.15) is 11.8 Å². The molecular weight excluding hydrogens is 253 g/mol. The highest BCUT2D eigenvalue weighted by Crippen LogP contribution is 2.22. The van der Waals surface area contributed by atoms with E-state index in [1.165, 1.54) is 12.3 Å². The summed E-state index contributed by atoms with van der Waals surface area (Å²) >= 11 is 1.94. The van der Waals surface area contributed by atoms with Crippen LogP contribution in [-0.4, -0.2) is 28.9 Å². The predicted octanol–water partition coefficient (Wildman–Crippen LogP) is 1.68. The van der Waals surface area contributed by atoms with E-state index in [1.54, 1.807) is 0 Å². The highest BCUT2D eigenvalue weighted by Gasteiger charge is 2.17. The first-order valence-corrected chi connectivity index (χ1v) is 7.10. The molecule has 0 bridgehead atoms. The minimum atomic E-state index is -0.741. The molecule has 1 aromatic rings. The fourth-order valence-electron chi connectivity index (χ4n) is 1.92. The standard InChI is InChI=1S/C12H16FN3OS/c13-10-9(1-4-15-11(10)14)12(17)16-7-8-2-5-18-6-3-8/h1,4,8H,2-3,5-7H2,(H2,14,15)(H,16,17). The lowest BCUT2D eigenvalue weighted by Crippen LogP contribution is -2.31. The normalized spacial score (nSPS) is 16.5. The number of halogens is 1. The zero-order valence-electron chi connectivity index (χ0n) is 9.99. The highest BCUT2D eigenvalue weighted by atomic mass is 32.2. The Morgan fingerprint density at radius 1 is 1.56 bits per heavy atom. The van der Waals surface area contributed by atoms with Crippen LogP contribution in [0.5, 0.6) is 0 Å². The van der Waals surface area contributed by atoms with Gasteiger partial charge in [-0.15, -0.1) is 0 Å². The van der Waals surface area contributed by atoms with Crippen LogP contribution in [0.15, 0.2) is 12.3 Å². The van der Waals surface area contributed by atoms with Crippen molar-refractivity contribution in [1.82, 2.24) is 10.3 Å². The van der Waals surface area contributed by atoms with Crippen LogP contribution < -0.4 is 11.1 Å². The summed E-state index contributed by atoms with van der Waals surface area (Å²) < 4.78 is 13.6. The summed E-state index contributed by atoms with van der Waals surface area (Å²) in [5.74, 6) is 1.37. The Kier molecular flexibility index (Phi) is 4.41. The second-order valence-corrected chi connectivity index (χ2v) is 5.55. The predicted molar refractivity (Wildman–Crippen MR) is 71.0 cm³/mol. The molecule has 1 aliphatic rings. The van der Waals surface area contributed by atoms with Crippen molar-refractivity contribution < 1.29 is 9.18 Å². The molecule has 0 saturated carbocycles. The molecule has 2 heterocycles. The Labute approximate surface area is 110 Å². The number of hydrogen-bond donors (Lipinski definition) is 2. The van der Waals surface area contributed by atoms with Crippen LogP contribution in [0.25, 0.3) is 0 Å². The van der Waals surface area contributed by atoms with E-state index in [1.807, 2.05) is 11.8 Å². The number of nitrogens with zero attached hydrogens (tertiary/aromatic N) is 1. The number of anilines is 1. The number of carbonyl (C=O) groups excluding carboxylic acids is 1. The minimum Gasteiger partial charge on any atom is -0.381 e. The molecule has 2 rings (SSSR count). The van der Waals surface area contributed by atoms with Gasteiger partial charge in [-0.3, -0.25) is 4.79 Å². The van der Waals surface area contributed by atoms with Crippen molar-refractivity contribution in [3.05, 3.63) is 23.6 Å². The van der Waals surface area contributed by atoms with Gasteiger partial charge in [0.15, 0.2) is 11.6 Å². The molecule has 3 N–H and O–H groups in total. The van der Waals surface area contributed by atoms with Gasteiger partial charge in [-0.05, 0) is 36.3 Å². The number of rotatable bonds is 3. The molecule has 0 aliphatic carbocycles. The first-order valence-electron chi connectivity index (χ1n) is 5.94. The highest BCUT2D eigenvalue weighted by molar-refractivity contribution is 7.99. The van der Waals surface area contributed by atoms with Crippen molar-refractivity contribution in [2.45, 2.75) is 12.8 Å². The average molecular weight is 269 g/mol. The number of pyridine rings is 1. The van der Waals surface area contributed by atoms with Gasteiger partial charge >= 0.3 is 0 Å². The Morgan fingerprint density at radius 3 is 3.00 bits per heavy atom.